The van der Waals surface area contributed by atoms with Gasteiger partial charge in [-0.15, -0.1) is 22.7 Å². The first-order chi connectivity index (χ1) is 8.29. The summed E-state index contributed by atoms with van der Waals surface area (Å²) in [7, 11) is 0. The van der Waals surface area contributed by atoms with Crippen LogP contribution in [0.3, 0.4) is 0 Å². The maximum absolute atomic E-state index is 12.9. The van der Waals surface area contributed by atoms with Crippen LogP contribution in [0.25, 0.3) is 9.40 Å². The minimum Gasteiger partial charge on any atom is -0.195 e. The summed E-state index contributed by atoms with van der Waals surface area (Å²) in [5.41, 5.74) is 0. The van der Waals surface area contributed by atoms with Crippen molar-refractivity contribution in [2.24, 2.45) is 0 Å². The molecule has 0 aliphatic heterocycles. The van der Waals surface area contributed by atoms with Crippen molar-refractivity contribution in [1.82, 2.24) is 0 Å². The Morgan fingerprint density at radius 2 is 1.65 bits per heavy atom. The summed E-state index contributed by atoms with van der Waals surface area (Å²) in [6.45, 7) is 2.25. The first-order valence-electron chi connectivity index (χ1n) is 6.47. The van der Waals surface area contributed by atoms with E-state index in [0.717, 1.165) is 9.40 Å². The average Bonchev–Trinajstić information content (AvgIpc) is 2.80. The number of halogens is 1. The third-order valence-electron chi connectivity index (χ3n) is 3.00. The van der Waals surface area contributed by atoms with Gasteiger partial charge >= 0.3 is 0 Å². The van der Waals surface area contributed by atoms with Crippen LogP contribution in [-0.2, 0) is 6.42 Å². The molecule has 0 bridgehead atoms. The Kier molecular flexibility index (Phi) is 4.99. The van der Waals surface area contributed by atoms with Crippen molar-refractivity contribution in [2.75, 3.05) is 0 Å². The zero-order chi connectivity index (χ0) is 12.1. The van der Waals surface area contributed by atoms with Gasteiger partial charge in [0.1, 0.15) is 0 Å². The molecular formula is C14H19FS2. The SMILES string of the molecule is CCCCCCCCc1cc2sc(F)cc2s1. The standard InChI is InChI=1S/C14H19FS2/c1-2-3-4-5-6-7-8-11-9-12-13(16-11)10-14(15)17-12/h9-10H,2-8H2,1H3. The van der Waals surface area contributed by atoms with E-state index >= 15 is 0 Å². The van der Waals surface area contributed by atoms with E-state index in [9.17, 15) is 4.39 Å². The third kappa shape index (κ3) is 3.78. The molecule has 0 aliphatic rings. The minimum absolute atomic E-state index is 0.0580. The van der Waals surface area contributed by atoms with Gasteiger partial charge in [0.05, 0.1) is 0 Å². The Labute approximate surface area is 110 Å². The molecule has 2 aromatic heterocycles. The van der Waals surface area contributed by atoms with Crippen LogP contribution in [0.15, 0.2) is 12.1 Å². The summed E-state index contributed by atoms with van der Waals surface area (Å²) in [5, 5.41) is -0.0580. The van der Waals surface area contributed by atoms with E-state index in [0.29, 0.717) is 0 Å². The Hall–Kier alpha value is -0.410. The summed E-state index contributed by atoms with van der Waals surface area (Å²) >= 11 is 3.02. The predicted molar refractivity (Wildman–Crippen MR) is 76.7 cm³/mol. The third-order valence-corrected chi connectivity index (χ3v) is 5.15. The van der Waals surface area contributed by atoms with Gasteiger partial charge in [-0.05, 0) is 18.9 Å². The average molecular weight is 270 g/mol. The summed E-state index contributed by atoms with van der Waals surface area (Å²) < 4.78 is 15.2. The molecule has 2 aromatic rings. The van der Waals surface area contributed by atoms with Crippen molar-refractivity contribution in [3.63, 3.8) is 0 Å². The lowest BCUT2D eigenvalue weighted by molar-refractivity contribution is 0.609. The Balaban J connectivity index is 1.73. The fourth-order valence-corrected chi connectivity index (χ4v) is 4.23. The van der Waals surface area contributed by atoms with E-state index in [1.807, 2.05) is 0 Å². The van der Waals surface area contributed by atoms with Gasteiger partial charge in [-0.1, -0.05) is 39.0 Å². The minimum atomic E-state index is -0.0580. The first kappa shape index (κ1) is 13.0. The van der Waals surface area contributed by atoms with Crippen LogP contribution in [0.2, 0.25) is 0 Å². The molecule has 0 atom stereocenters. The molecule has 0 spiro atoms. The maximum Gasteiger partial charge on any atom is 0.178 e. The summed E-state index contributed by atoms with van der Waals surface area (Å²) in [5.74, 6) is 0. The van der Waals surface area contributed by atoms with E-state index in [1.54, 1.807) is 17.4 Å². The monoisotopic (exact) mass is 270 g/mol. The van der Waals surface area contributed by atoms with E-state index in [2.05, 4.69) is 13.0 Å². The number of rotatable bonds is 7. The number of unbranched alkanes of at least 4 members (excludes halogenated alkanes) is 5. The summed E-state index contributed by atoms with van der Waals surface area (Å²) in [4.78, 5) is 1.42. The summed E-state index contributed by atoms with van der Waals surface area (Å²) in [6, 6.07) is 3.83. The van der Waals surface area contributed by atoms with Crippen molar-refractivity contribution in [3.05, 3.63) is 22.1 Å². The van der Waals surface area contributed by atoms with Gasteiger partial charge in [-0.3, -0.25) is 0 Å². The molecule has 2 rings (SSSR count). The largest absolute Gasteiger partial charge is 0.195 e. The lowest BCUT2D eigenvalue weighted by Crippen LogP contribution is -1.82. The Bertz CT molecular complexity index is 424. The maximum atomic E-state index is 12.9. The number of fused-ring (bicyclic) bond motifs is 1. The van der Waals surface area contributed by atoms with Crippen molar-refractivity contribution in [1.29, 1.82) is 0 Å². The molecule has 3 heteroatoms. The van der Waals surface area contributed by atoms with E-state index in [4.69, 9.17) is 0 Å². The predicted octanol–water partition coefficient (Wildman–Crippen LogP) is 6.00. The quantitative estimate of drug-likeness (QED) is 0.541. The van der Waals surface area contributed by atoms with Crippen LogP contribution in [-0.4, -0.2) is 0 Å². The fraction of sp³-hybridized carbons (Fsp3) is 0.571. The Morgan fingerprint density at radius 3 is 2.41 bits per heavy atom. The van der Waals surface area contributed by atoms with Crippen LogP contribution in [0.5, 0.6) is 0 Å². The van der Waals surface area contributed by atoms with Crippen LogP contribution in [0.1, 0.15) is 50.3 Å². The molecule has 0 N–H and O–H groups in total. The van der Waals surface area contributed by atoms with Gasteiger partial charge in [-0.2, -0.15) is 4.39 Å². The van der Waals surface area contributed by atoms with Crippen molar-refractivity contribution in [2.45, 2.75) is 51.9 Å². The van der Waals surface area contributed by atoms with Crippen molar-refractivity contribution < 1.29 is 4.39 Å². The molecule has 94 valence electrons. The molecule has 0 amide bonds. The van der Waals surface area contributed by atoms with Gasteiger partial charge < -0.3 is 0 Å². The van der Waals surface area contributed by atoms with E-state index in [1.165, 1.54) is 61.2 Å². The molecule has 0 fully saturated rings. The lowest BCUT2D eigenvalue weighted by atomic mass is 10.1. The van der Waals surface area contributed by atoms with Crippen LogP contribution in [0.4, 0.5) is 4.39 Å². The molecule has 0 saturated heterocycles. The van der Waals surface area contributed by atoms with Gasteiger partial charge in [0.2, 0.25) is 0 Å². The topological polar surface area (TPSA) is 0 Å². The smallest absolute Gasteiger partial charge is 0.178 e. The number of thiophene rings is 2. The molecule has 0 nitrogen and oxygen atoms in total. The number of aryl methyl sites for hydroxylation is 1. The highest BCUT2D eigenvalue weighted by Gasteiger charge is 2.06. The second-order valence-electron chi connectivity index (χ2n) is 4.51. The van der Waals surface area contributed by atoms with Gasteiger partial charge in [-0.25, -0.2) is 0 Å². The normalized spacial score (nSPS) is 11.4. The van der Waals surface area contributed by atoms with Gasteiger partial charge in [0.15, 0.2) is 5.13 Å². The first-order valence-corrected chi connectivity index (χ1v) is 8.10. The van der Waals surface area contributed by atoms with Crippen LogP contribution in [0, 0.1) is 5.13 Å². The number of hydrogen-bond acceptors (Lipinski definition) is 2. The molecule has 0 unspecified atom stereocenters. The van der Waals surface area contributed by atoms with Crippen molar-refractivity contribution in [3.8, 4) is 0 Å². The fourth-order valence-electron chi connectivity index (χ4n) is 2.06. The molecule has 0 aliphatic carbocycles. The molecular weight excluding hydrogens is 251 g/mol. The van der Waals surface area contributed by atoms with Gasteiger partial charge in [0.25, 0.3) is 0 Å². The number of hydrogen-bond donors (Lipinski definition) is 0. The molecule has 0 radical (unpaired) electrons. The zero-order valence-corrected chi connectivity index (χ0v) is 11.9. The van der Waals surface area contributed by atoms with Crippen molar-refractivity contribution >= 4 is 32.1 Å². The second-order valence-corrected chi connectivity index (χ2v) is 6.71. The molecule has 0 aromatic carbocycles. The van der Waals surface area contributed by atoms with Crippen LogP contribution >= 0.6 is 22.7 Å². The highest BCUT2D eigenvalue weighted by atomic mass is 32.1. The second kappa shape index (κ2) is 6.50. The zero-order valence-electron chi connectivity index (χ0n) is 10.3. The Morgan fingerprint density at radius 1 is 0.941 bits per heavy atom. The van der Waals surface area contributed by atoms with Crippen LogP contribution < -0.4 is 0 Å². The highest BCUT2D eigenvalue weighted by Crippen LogP contribution is 2.33. The van der Waals surface area contributed by atoms with Gasteiger partial charge in [0, 0.05) is 20.3 Å². The highest BCUT2D eigenvalue weighted by molar-refractivity contribution is 7.27. The molecule has 0 saturated carbocycles. The van der Waals surface area contributed by atoms with E-state index < -0.39 is 0 Å². The molecule has 2 heterocycles. The molecule has 17 heavy (non-hydrogen) atoms. The summed E-state index contributed by atoms with van der Waals surface area (Å²) in [6.07, 6.45) is 9.20. The van der Waals surface area contributed by atoms with E-state index in [-0.39, 0.29) is 5.13 Å². The lowest BCUT2D eigenvalue weighted by Gasteiger charge is -1.99.